The SMILES string of the molecule is CCc1ccc([C@@H](NC(=O)CSc2ncnc3ccccc23)C(C)C)cc1. The number of nitrogens with zero attached hydrogens (tertiary/aromatic N) is 2. The molecule has 0 aliphatic carbocycles. The van der Waals surface area contributed by atoms with Crippen LogP contribution in [0.2, 0.25) is 0 Å². The number of benzene rings is 2. The summed E-state index contributed by atoms with van der Waals surface area (Å²) in [5.74, 6) is 0.657. The fourth-order valence-corrected chi connectivity index (χ4v) is 3.84. The van der Waals surface area contributed by atoms with Crippen molar-refractivity contribution in [3.8, 4) is 0 Å². The van der Waals surface area contributed by atoms with E-state index >= 15 is 0 Å². The second-order valence-electron chi connectivity index (χ2n) is 6.87. The van der Waals surface area contributed by atoms with Crippen LogP contribution in [0, 0.1) is 5.92 Å². The average molecular weight is 380 g/mol. The highest BCUT2D eigenvalue weighted by molar-refractivity contribution is 8.00. The molecule has 0 aliphatic rings. The van der Waals surface area contributed by atoms with Crippen molar-refractivity contribution in [3.05, 3.63) is 66.0 Å². The lowest BCUT2D eigenvalue weighted by Gasteiger charge is -2.23. The molecule has 0 saturated carbocycles. The first-order chi connectivity index (χ1) is 13.1. The number of thioether (sulfide) groups is 1. The summed E-state index contributed by atoms with van der Waals surface area (Å²) >= 11 is 1.45. The van der Waals surface area contributed by atoms with Gasteiger partial charge >= 0.3 is 0 Å². The quantitative estimate of drug-likeness (QED) is 0.473. The fourth-order valence-electron chi connectivity index (χ4n) is 3.04. The number of aryl methyl sites for hydroxylation is 1. The third kappa shape index (κ3) is 4.86. The first kappa shape index (κ1) is 19.4. The summed E-state index contributed by atoms with van der Waals surface area (Å²) in [6.07, 6.45) is 2.57. The molecule has 0 unspecified atom stereocenters. The van der Waals surface area contributed by atoms with Crippen LogP contribution in [0.25, 0.3) is 10.9 Å². The standard InChI is InChI=1S/C22H25N3OS/c1-4-16-9-11-17(12-10-16)21(15(2)3)25-20(26)13-27-22-18-7-5-6-8-19(18)23-14-24-22/h5-12,14-15,21H,4,13H2,1-3H3,(H,25,26)/t21-/m0/s1. The van der Waals surface area contributed by atoms with E-state index in [4.69, 9.17) is 0 Å². The summed E-state index contributed by atoms with van der Waals surface area (Å²) in [5, 5.41) is 5.00. The fraction of sp³-hybridized carbons (Fsp3) is 0.318. The monoisotopic (exact) mass is 379 g/mol. The average Bonchev–Trinajstić information content (AvgIpc) is 2.70. The Bertz CT molecular complexity index is 904. The van der Waals surface area contributed by atoms with Crippen LogP contribution in [0.3, 0.4) is 0 Å². The highest BCUT2D eigenvalue weighted by atomic mass is 32.2. The Morgan fingerprint density at radius 3 is 2.52 bits per heavy atom. The molecule has 0 aliphatic heterocycles. The summed E-state index contributed by atoms with van der Waals surface area (Å²) in [7, 11) is 0. The van der Waals surface area contributed by atoms with Gasteiger partial charge in [0, 0.05) is 5.39 Å². The number of nitrogens with one attached hydrogen (secondary N) is 1. The van der Waals surface area contributed by atoms with E-state index in [1.165, 1.54) is 17.3 Å². The molecule has 0 saturated heterocycles. The molecule has 1 heterocycles. The van der Waals surface area contributed by atoms with E-state index in [1.807, 2.05) is 24.3 Å². The molecule has 1 N–H and O–H groups in total. The molecule has 0 bridgehead atoms. The normalized spacial score (nSPS) is 12.3. The molecule has 3 aromatic rings. The van der Waals surface area contributed by atoms with Crippen molar-refractivity contribution < 1.29 is 4.79 Å². The molecule has 1 amide bonds. The van der Waals surface area contributed by atoms with Crippen molar-refractivity contribution >= 4 is 28.6 Å². The van der Waals surface area contributed by atoms with Crippen molar-refractivity contribution in [1.82, 2.24) is 15.3 Å². The van der Waals surface area contributed by atoms with Crippen LogP contribution in [0.1, 0.15) is 37.9 Å². The smallest absolute Gasteiger partial charge is 0.230 e. The van der Waals surface area contributed by atoms with E-state index in [2.05, 4.69) is 60.3 Å². The van der Waals surface area contributed by atoms with Crippen molar-refractivity contribution in [2.24, 2.45) is 5.92 Å². The molecule has 3 rings (SSSR count). The number of rotatable bonds is 7. The third-order valence-electron chi connectivity index (χ3n) is 4.58. The molecule has 1 aromatic heterocycles. The summed E-state index contributed by atoms with van der Waals surface area (Å²) in [4.78, 5) is 21.2. The van der Waals surface area contributed by atoms with Crippen LogP contribution >= 0.6 is 11.8 Å². The van der Waals surface area contributed by atoms with Crippen molar-refractivity contribution in [1.29, 1.82) is 0 Å². The van der Waals surface area contributed by atoms with Crippen LogP contribution < -0.4 is 5.32 Å². The van der Waals surface area contributed by atoms with Gasteiger partial charge in [0.2, 0.25) is 5.91 Å². The van der Waals surface area contributed by atoms with Crippen LogP contribution in [0.5, 0.6) is 0 Å². The second-order valence-corrected chi connectivity index (χ2v) is 7.83. The maximum atomic E-state index is 12.6. The van der Waals surface area contributed by atoms with Gasteiger partial charge in [0.25, 0.3) is 0 Å². The predicted octanol–water partition coefficient (Wildman–Crippen LogP) is 4.80. The minimum atomic E-state index is 0.00569. The van der Waals surface area contributed by atoms with Gasteiger partial charge in [0.1, 0.15) is 11.4 Å². The van der Waals surface area contributed by atoms with Gasteiger partial charge < -0.3 is 5.32 Å². The van der Waals surface area contributed by atoms with Gasteiger partial charge in [-0.1, -0.05) is 75.0 Å². The number of para-hydroxylation sites is 1. The molecule has 0 spiro atoms. The van der Waals surface area contributed by atoms with Crippen molar-refractivity contribution in [2.75, 3.05) is 5.75 Å². The predicted molar refractivity (Wildman–Crippen MR) is 112 cm³/mol. The summed E-state index contributed by atoms with van der Waals surface area (Å²) in [6.45, 7) is 6.40. The molecule has 0 radical (unpaired) electrons. The van der Waals surface area contributed by atoms with E-state index in [0.717, 1.165) is 27.9 Å². The van der Waals surface area contributed by atoms with E-state index in [0.29, 0.717) is 11.7 Å². The number of hydrogen-bond acceptors (Lipinski definition) is 4. The highest BCUT2D eigenvalue weighted by Crippen LogP contribution is 2.25. The van der Waals surface area contributed by atoms with E-state index in [-0.39, 0.29) is 11.9 Å². The number of carbonyl (C=O) groups is 1. The molecule has 5 heteroatoms. The Balaban J connectivity index is 1.67. The van der Waals surface area contributed by atoms with Gasteiger partial charge in [-0.2, -0.15) is 0 Å². The molecule has 4 nitrogen and oxygen atoms in total. The van der Waals surface area contributed by atoms with Gasteiger partial charge in [-0.25, -0.2) is 9.97 Å². The summed E-state index contributed by atoms with van der Waals surface area (Å²) in [6, 6.07) is 16.4. The Kier molecular flexibility index (Phi) is 6.45. The number of carbonyl (C=O) groups excluding carboxylic acids is 1. The van der Waals surface area contributed by atoms with E-state index in [1.54, 1.807) is 6.33 Å². The van der Waals surface area contributed by atoms with Crippen molar-refractivity contribution in [2.45, 2.75) is 38.3 Å². The molecule has 0 fully saturated rings. The van der Waals surface area contributed by atoms with Gasteiger partial charge in [0.15, 0.2) is 0 Å². The highest BCUT2D eigenvalue weighted by Gasteiger charge is 2.18. The number of fused-ring (bicyclic) bond motifs is 1. The van der Waals surface area contributed by atoms with Gasteiger partial charge in [-0.3, -0.25) is 4.79 Å². The molecule has 140 valence electrons. The third-order valence-corrected chi connectivity index (χ3v) is 5.58. The Morgan fingerprint density at radius 1 is 1.07 bits per heavy atom. The zero-order valence-corrected chi connectivity index (χ0v) is 16.8. The zero-order valence-electron chi connectivity index (χ0n) is 16.0. The largest absolute Gasteiger partial charge is 0.348 e. The van der Waals surface area contributed by atoms with Crippen LogP contribution in [0.4, 0.5) is 0 Å². The Labute approximate surface area is 164 Å². The topological polar surface area (TPSA) is 54.9 Å². The van der Waals surface area contributed by atoms with Crippen LogP contribution in [-0.2, 0) is 11.2 Å². The minimum absolute atomic E-state index is 0.00569. The minimum Gasteiger partial charge on any atom is -0.348 e. The first-order valence-corrected chi connectivity index (χ1v) is 10.3. The molecule has 2 aromatic carbocycles. The molecular formula is C22H25N3OS. The van der Waals surface area contributed by atoms with Gasteiger partial charge in [0.05, 0.1) is 17.3 Å². The maximum Gasteiger partial charge on any atom is 0.230 e. The molecule has 27 heavy (non-hydrogen) atoms. The van der Waals surface area contributed by atoms with Crippen LogP contribution in [-0.4, -0.2) is 21.6 Å². The lowest BCUT2D eigenvalue weighted by molar-refractivity contribution is -0.119. The van der Waals surface area contributed by atoms with E-state index in [9.17, 15) is 4.79 Å². The molecule has 1 atom stereocenters. The Hall–Kier alpha value is -2.40. The van der Waals surface area contributed by atoms with Gasteiger partial charge in [-0.05, 0) is 29.5 Å². The summed E-state index contributed by atoms with van der Waals surface area (Å²) in [5.41, 5.74) is 3.35. The number of aromatic nitrogens is 2. The van der Waals surface area contributed by atoms with Crippen molar-refractivity contribution in [3.63, 3.8) is 0 Å². The van der Waals surface area contributed by atoms with Crippen LogP contribution in [0.15, 0.2) is 59.9 Å². The number of amides is 1. The van der Waals surface area contributed by atoms with Gasteiger partial charge in [-0.15, -0.1) is 0 Å². The number of hydrogen-bond donors (Lipinski definition) is 1. The second kappa shape index (κ2) is 9.00. The summed E-state index contributed by atoms with van der Waals surface area (Å²) < 4.78 is 0. The molecular weight excluding hydrogens is 354 g/mol. The Morgan fingerprint density at radius 2 is 1.81 bits per heavy atom. The lowest BCUT2D eigenvalue weighted by atomic mass is 9.95. The van der Waals surface area contributed by atoms with E-state index < -0.39 is 0 Å². The lowest BCUT2D eigenvalue weighted by Crippen LogP contribution is -2.33. The zero-order chi connectivity index (χ0) is 19.2. The maximum absolute atomic E-state index is 12.6. The first-order valence-electron chi connectivity index (χ1n) is 9.29.